The first-order valence-electron chi connectivity index (χ1n) is 11.6. The highest BCUT2D eigenvalue weighted by Crippen LogP contribution is 2.42. The maximum Gasteiger partial charge on any atom is 0.430 e. The number of aryl methyl sites for hydroxylation is 1. The number of aromatic carboxylic acids is 1. The largest absolute Gasteiger partial charge is 0.542 e. The van der Waals surface area contributed by atoms with Crippen LogP contribution in [-0.4, -0.2) is 50.9 Å². The maximum absolute atomic E-state index is 12.0. The van der Waals surface area contributed by atoms with E-state index in [1.54, 1.807) is 12.1 Å². The van der Waals surface area contributed by atoms with Crippen LogP contribution < -0.4 is 19.9 Å². The SMILES string of the molecule is CC[N+](C)=c1cc2oc3cc(N(C)C)ccc3c(-c3ccccc3C(=O)O)c-2cc1C.O=C([O-])C(F)(F)F. The van der Waals surface area contributed by atoms with Gasteiger partial charge >= 0.3 is 12.1 Å². The fraction of sp³-hybridized carbons (Fsp3) is 0.250. The number of carbonyl (C=O) groups is 2. The van der Waals surface area contributed by atoms with Crippen molar-refractivity contribution in [2.75, 3.05) is 32.6 Å². The first-order chi connectivity index (χ1) is 17.8. The third-order valence-electron chi connectivity index (χ3n) is 6.08. The van der Waals surface area contributed by atoms with E-state index in [-0.39, 0.29) is 5.56 Å². The molecular formula is C28H27F3N2O5. The maximum atomic E-state index is 12.0. The van der Waals surface area contributed by atoms with Crippen LogP contribution in [0, 0.1) is 6.92 Å². The van der Waals surface area contributed by atoms with Crippen molar-refractivity contribution in [3.8, 4) is 22.5 Å². The van der Waals surface area contributed by atoms with E-state index < -0.39 is 18.1 Å². The lowest BCUT2D eigenvalue weighted by Gasteiger charge is -2.19. The minimum atomic E-state index is -5.19. The molecule has 0 bridgehead atoms. The first kappa shape index (κ1) is 28.2. The summed E-state index contributed by atoms with van der Waals surface area (Å²) in [6, 6.07) is 17.4. The van der Waals surface area contributed by atoms with Gasteiger partial charge in [-0.25, -0.2) is 9.37 Å². The van der Waals surface area contributed by atoms with Crippen LogP contribution in [0.5, 0.6) is 0 Å². The van der Waals surface area contributed by atoms with Crippen molar-refractivity contribution in [3.63, 3.8) is 0 Å². The fourth-order valence-corrected chi connectivity index (χ4v) is 4.06. The van der Waals surface area contributed by atoms with E-state index in [4.69, 9.17) is 14.3 Å². The molecular weight excluding hydrogens is 501 g/mol. The monoisotopic (exact) mass is 528 g/mol. The van der Waals surface area contributed by atoms with E-state index in [9.17, 15) is 23.1 Å². The molecule has 0 fully saturated rings. The van der Waals surface area contributed by atoms with Crippen LogP contribution in [0.1, 0.15) is 22.8 Å². The fourth-order valence-electron chi connectivity index (χ4n) is 4.06. The highest BCUT2D eigenvalue weighted by atomic mass is 19.4. The Morgan fingerprint density at radius 2 is 1.68 bits per heavy atom. The Morgan fingerprint density at radius 1 is 1.05 bits per heavy atom. The van der Waals surface area contributed by atoms with Gasteiger partial charge in [-0.2, -0.15) is 13.2 Å². The number of carboxylic acid groups (broad SMARTS) is 2. The molecule has 0 saturated heterocycles. The molecule has 2 aromatic carbocycles. The Kier molecular flexibility index (Phi) is 8.14. The third kappa shape index (κ3) is 5.80. The van der Waals surface area contributed by atoms with Gasteiger partial charge in [-0.05, 0) is 43.7 Å². The van der Waals surface area contributed by atoms with Gasteiger partial charge in [0.15, 0.2) is 0 Å². The predicted molar refractivity (Wildman–Crippen MR) is 137 cm³/mol. The topological polar surface area (TPSA) is 96.8 Å². The molecule has 0 saturated carbocycles. The number of anilines is 1. The lowest BCUT2D eigenvalue weighted by Crippen LogP contribution is -2.37. The van der Waals surface area contributed by atoms with Crippen molar-refractivity contribution >= 4 is 28.6 Å². The summed E-state index contributed by atoms with van der Waals surface area (Å²) in [7, 11) is 6.03. The number of carbonyl (C=O) groups excluding carboxylic acids is 1. The van der Waals surface area contributed by atoms with Crippen LogP contribution in [-0.2, 0) is 4.79 Å². The number of nitrogens with zero attached hydrogens (tertiary/aromatic N) is 2. The van der Waals surface area contributed by atoms with Crippen LogP contribution >= 0.6 is 0 Å². The zero-order valence-electron chi connectivity index (χ0n) is 21.5. The molecule has 10 heteroatoms. The van der Waals surface area contributed by atoms with E-state index in [0.29, 0.717) is 5.56 Å². The molecule has 1 aliphatic carbocycles. The molecule has 0 unspecified atom stereocenters. The molecule has 1 heterocycles. The molecule has 0 radical (unpaired) electrons. The molecule has 1 aliphatic heterocycles. The molecule has 2 aromatic rings. The van der Waals surface area contributed by atoms with Gasteiger partial charge in [0.1, 0.15) is 30.9 Å². The molecule has 200 valence electrons. The summed E-state index contributed by atoms with van der Waals surface area (Å²) in [6.45, 7) is 5.06. The third-order valence-corrected chi connectivity index (χ3v) is 6.08. The zero-order chi connectivity index (χ0) is 28.4. The minimum absolute atomic E-state index is 0.278. The van der Waals surface area contributed by atoms with Gasteiger partial charge < -0.3 is 24.3 Å². The minimum Gasteiger partial charge on any atom is -0.542 e. The number of rotatable bonds is 4. The van der Waals surface area contributed by atoms with E-state index in [1.165, 1.54) is 0 Å². The normalized spacial score (nSPS) is 12.1. The zero-order valence-corrected chi connectivity index (χ0v) is 21.5. The summed E-state index contributed by atoms with van der Waals surface area (Å²) < 4.78 is 40.1. The Morgan fingerprint density at radius 3 is 2.24 bits per heavy atom. The summed E-state index contributed by atoms with van der Waals surface area (Å²) >= 11 is 0. The number of fused-ring (bicyclic) bond motifs is 2. The van der Waals surface area contributed by atoms with E-state index in [2.05, 4.69) is 37.6 Å². The molecule has 0 spiro atoms. The molecule has 4 rings (SSSR count). The van der Waals surface area contributed by atoms with Gasteiger partial charge in [0.2, 0.25) is 5.36 Å². The van der Waals surface area contributed by atoms with Crippen molar-refractivity contribution in [3.05, 3.63) is 71.1 Å². The number of alkyl halides is 3. The van der Waals surface area contributed by atoms with Gasteiger partial charge in [-0.15, -0.1) is 0 Å². The highest BCUT2D eigenvalue weighted by molar-refractivity contribution is 6.07. The van der Waals surface area contributed by atoms with Gasteiger partial charge in [0, 0.05) is 47.9 Å². The number of benzene rings is 3. The van der Waals surface area contributed by atoms with Crippen LogP contribution in [0.3, 0.4) is 0 Å². The summed E-state index contributed by atoms with van der Waals surface area (Å²) in [5.74, 6) is -3.21. The first-order valence-corrected chi connectivity index (χ1v) is 11.6. The van der Waals surface area contributed by atoms with Crippen LogP contribution in [0.25, 0.3) is 33.4 Å². The van der Waals surface area contributed by atoms with Crippen LogP contribution in [0.4, 0.5) is 18.9 Å². The highest BCUT2D eigenvalue weighted by Gasteiger charge is 2.29. The van der Waals surface area contributed by atoms with Crippen LogP contribution in [0.15, 0.2) is 59.0 Å². The number of hydrogen-bond acceptors (Lipinski definition) is 5. The van der Waals surface area contributed by atoms with Gasteiger partial charge in [-0.1, -0.05) is 18.2 Å². The van der Waals surface area contributed by atoms with Crippen LogP contribution in [0.2, 0.25) is 0 Å². The van der Waals surface area contributed by atoms with Crippen molar-refractivity contribution in [1.29, 1.82) is 0 Å². The lowest BCUT2D eigenvalue weighted by atomic mass is 9.90. The Bertz CT molecular complexity index is 1550. The summed E-state index contributed by atoms with van der Waals surface area (Å²) in [4.78, 5) is 22.8. The lowest BCUT2D eigenvalue weighted by molar-refractivity contribution is -0.344. The number of hydrogen-bond donors (Lipinski definition) is 1. The van der Waals surface area contributed by atoms with Crippen molar-refractivity contribution < 1.29 is 37.4 Å². The smallest absolute Gasteiger partial charge is 0.430 e. The molecule has 2 aliphatic rings. The van der Waals surface area contributed by atoms with Gasteiger partial charge in [0.25, 0.3) is 0 Å². The Balaban J connectivity index is 0.000000505. The van der Waals surface area contributed by atoms with Gasteiger partial charge in [-0.3, -0.25) is 0 Å². The van der Waals surface area contributed by atoms with E-state index in [0.717, 1.165) is 51.0 Å². The quantitative estimate of drug-likeness (QED) is 0.318. The number of aliphatic carboxylic acids is 1. The Labute approximate surface area is 217 Å². The molecule has 0 atom stereocenters. The second kappa shape index (κ2) is 11.0. The predicted octanol–water partition coefficient (Wildman–Crippen LogP) is 4.00. The number of halogens is 3. The second-order valence-corrected chi connectivity index (χ2v) is 8.84. The summed E-state index contributed by atoms with van der Waals surface area (Å²) in [5.41, 5.74) is 5.62. The molecule has 7 nitrogen and oxygen atoms in total. The van der Waals surface area contributed by atoms with Crippen molar-refractivity contribution in [2.45, 2.75) is 20.0 Å². The summed E-state index contributed by atoms with van der Waals surface area (Å²) in [5, 5.41) is 20.6. The average molecular weight is 529 g/mol. The molecule has 0 amide bonds. The van der Waals surface area contributed by atoms with Crippen molar-refractivity contribution in [1.82, 2.24) is 4.58 Å². The Hall–Kier alpha value is -4.34. The second-order valence-electron chi connectivity index (χ2n) is 8.84. The standard InChI is InChI=1S/C26H26N2O3.C2HF3O2/c1-6-28(5)22-15-24-21(13-16(22)2)25(18-9-7-8-10-19(18)26(29)30)20-12-11-17(27(3)4)14-23(20)31-24;3-2(4,5)1(6)7/h7-15H,6H2,1-5H3;(H,6,7). The molecule has 38 heavy (non-hydrogen) atoms. The van der Waals surface area contributed by atoms with Crippen molar-refractivity contribution in [2.24, 2.45) is 0 Å². The number of carboxylic acids is 2. The molecule has 1 N–H and O–H groups in total. The van der Waals surface area contributed by atoms with Gasteiger partial charge in [0.05, 0.1) is 11.6 Å². The molecule has 0 aromatic heterocycles. The summed E-state index contributed by atoms with van der Waals surface area (Å²) in [6.07, 6.45) is -5.19. The average Bonchev–Trinajstić information content (AvgIpc) is 2.86. The van der Waals surface area contributed by atoms with E-state index >= 15 is 0 Å². The van der Waals surface area contributed by atoms with E-state index in [1.807, 2.05) is 49.3 Å².